The SMILES string of the molecule is Cc1ccc(C(=O)N/N=C/c2cn(CC(N)=O)nc2-c2ccccc2)cc1[N+](=O)[O-]. The van der Waals surface area contributed by atoms with Crippen molar-refractivity contribution in [2.45, 2.75) is 13.5 Å². The van der Waals surface area contributed by atoms with Gasteiger partial charge in [-0.15, -0.1) is 0 Å². The molecule has 10 heteroatoms. The number of benzene rings is 2. The molecule has 1 aromatic heterocycles. The van der Waals surface area contributed by atoms with Crippen molar-refractivity contribution in [2.75, 3.05) is 0 Å². The van der Waals surface area contributed by atoms with Crippen molar-refractivity contribution in [3.8, 4) is 11.3 Å². The number of aromatic nitrogens is 2. The number of hydrazone groups is 1. The lowest BCUT2D eigenvalue weighted by atomic mass is 10.1. The Labute approximate surface area is 171 Å². The molecule has 3 aromatic rings. The van der Waals surface area contributed by atoms with Gasteiger partial charge >= 0.3 is 0 Å². The Bertz CT molecular complexity index is 1140. The van der Waals surface area contributed by atoms with Gasteiger partial charge in [0.1, 0.15) is 12.2 Å². The second kappa shape index (κ2) is 8.78. The van der Waals surface area contributed by atoms with E-state index in [-0.39, 0.29) is 17.8 Å². The molecule has 0 radical (unpaired) electrons. The molecule has 0 aliphatic heterocycles. The van der Waals surface area contributed by atoms with Crippen molar-refractivity contribution >= 4 is 23.7 Å². The maximum atomic E-state index is 12.3. The largest absolute Gasteiger partial charge is 0.368 e. The zero-order chi connectivity index (χ0) is 21.7. The first-order chi connectivity index (χ1) is 14.3. The van der Waals surface area contributed by atoms with E-state index in [0.29, 0.717) is 16.8 Å². The number of hydrogen-bond acceptors (Lipinski definition) is 6. The summed E-state index contributed by atoms with van der Waals surface area (Å²) in [7, 11) is 0. The summed E-state index contributed by atoms with van der Waals surface area (Å²) in [6.45, 7) is 1.49. The van der Waals surface area contributed by atoms with E-state index in [2.05, 4.69) is 15.6 Å². The number of carbonyl (C=O) groups is 2. The zero-order valence-electron chi connectivity index (χ0n) is 16.0. The van der Waals surface area contributed by atoms with E-state index in [1.54, 1.807) is 13.1 Å². The predicted octanol–water partition coefficient (Wildman–Crippen LogP) is 2.02. The van der Waals surface area contributed by atoms with Crippen LogP contribution in [0.2, 0.25) is 0 Å². The number of nitro groups is 1. The second-order valence-electron chi connectivity index (χ2n) is 6.42. The molecule has 152 valence electrons. The van der Waals surface area contributed by atoms with E-state index in [1.807, 2.05) is 30.3 Å². The van der Waals surface area contributed by atoms with E-state index < -0.39 is 16.7 Å². The van der Waals surface area contributed by atoms with Crippen LogP contribution in [0.1, 0.15) is 21.5 Å². The lowest BCUT2D eigenvalue weighted by Gasteiger charge is -2.02. The minimum absolute atomic E-state index is 0.104. The lowest BCUT2D eigenvalue weighted by molar-refractivity contribution is -0.385. The fourth-order valence-corrected chi connectivity index (χ4v) is 2.76. The Hall–Kier alpha value is -4.34. The number of nitrogens with zero attached hydrogens (tertiary/aromatic N) is 4. The van der Waals surface area contributed by atoms with Crippen LogP contribution in [-0.4, -0.2) is 32.7 Å². The van der Waals surface area contributed by atoms with Crippen LogP contribution in [0.4, 0.5) is 5.69 Å². The molecule has 0 spiro atoms. The maximum Gasteiger partial charge on any atom is 0.273 e. The third-order valence-electron chi connectivity index (χ3n) is 4.19. The number of amides is 2. The van der Waals surface area contributed by atoms with Gasteiger partial charge in [0, 0.05) is 34.5 Å². The third kappa shape index (κ3) is 4.73. The first-order valence-corrected chi connectivity index (χ1v) is 8.85. The number of hydrogen-bond donors (Lipinski definition) is 2. The molecule has 2 aromatic carbocycles. The molecule has 0 bridgehead atoms. The summed E-state index contributed by atoms with van der Waals surface area (Å²) in [5, 5.41) is 19.3. The number of nitro benzene ring substituents is 1. The molecule has 0 unspecified atom stereocenters. The van der Waals surface area contributed by atoms with E-state index in [0.717, 1.165) is 5.56 Å². The summed E-state index contributed by atoms with van der Waals surface area (Å²) >= 11 is 0. The fraction of sp³-hybridized carbons (Fsp3) is 0.100. The number of nitrogens with one attached hydrogen (secondary N) is 1. The molecule has 30 heavy (non-hydrogen) atoms. The van der Waals surface area contributed by atoms with Crippen molar-refractivity contribution in [1.82, 2.24) is 15.2 Å². The molecule has 0 aliphatic carbocycles. The molecule has 0 fully saturated rings. The van der Waals surface area contributed by atoms with Gasteiger partial charge in [-0.25, -0.2) is 5.43 Å². The van der Waals surface area contributed by atoms with Gasteiger partial charge < -0.3 is 5.73 Å². The van der Waals surface area contributed by atoms with E-state index in [9.17, 15) is 19.7 Å². The lowest BCUT2D eigenvalue weighted by Crippen LogP contribution is -2.19. The topological polar surface area (TPSA) is 146 Å². The average molecular weight is 406 g/mol. The highest BCUT2D eigenvalue weighted by molar-refractivity contribution is 5.96. The van der Waals surface area contributed by atoms with E-state index >= 15 is 0 Å². The number of primary amides is 1. The summed E-state index contributed by atoms with van der Waals surface area (Å²) in [6, 6.07) is 13.4. The maximum absolute atomic E-state index is 12.3. The van der Waals surface area contributed by atoms with Crippen LogP contribution in [-0.2, 0) is 11.3 Å². The highest BCUT2D eigenvalue weighted by Crippen LogP contribution is 2.21. The molecule has 10 nitrogen and oxygen atoms in total. The molecule has 0 aliphatic rings. The monoisotopic (exact) mass is 406 g/mol. The minimum Gasteiger partial charge on any atom is -0.368 e. The molecular weight excluding hydrogens is 388 g/mol. The second-order valence-corrected chi connectivity index (χ2v) is 6.42. The van der Waals surface area contributed by atoms with Crippen LogP contribution in [0.25, 0.3) is 11.3 Å². The number of aryl methyl sites for hydroxylation is 1. The van der Waals surface area contributed by atoms with Crippen LogP contribution in [0.5, 0.6) is 0 Å². The Morgan fingerprint density at radius 3 is 2.67 bits per heavy atom. The van der Waals surface area contributed by atoms with Gasteiger partial charge in [0.2, 0.25) is 5.91 Å². The van der Waals surface area contributed by atoms with E-state index in [1.165, 1.54) is 29.1 Å². The number of rotatable bonds is 7. The molecule has 0 saturated heterocycles. The summed E-state index contributed by atoms with van der Waals surface area (Å²) in [4.78, 5) is 34.0. The van der Waals surface area contributed by atoms with Gasteiger partial charge in [0.15, 0.2) is 0 Å². The average Bonchev–Trinajstić information content (AvgIpc) is 3.10. The summed E-state index contributed by atoms with van der Waals surface area (Å²) in [6.07, 6.45) is 2.97. The predicted molar refractivity (Wildman–Crippen MR) is 110 cm³/mol. The molecule has 0 atom stereocenters. The smallest absolute Gasteiger partial charge is 0.273 e. The standard InChI is InChI=1S/C20H18N6O4/c1-13-7-8-15(9-17(13)26(29)30)20(28)23-22-10-16-11-25(12-18(21)27)24-19(16)14-5-3-2-4-6-14/h2-11H,12H2,1H3,(H2,21,27)(H,23,28)/b22-10+. The minimum atomic E-state index is -0.597. The highest BCUT2D eigenvalue weighted by atomic mass is 16.6. The molecule has 3 rings (SSSR count). The van der Waals surface area contributed by atoms with Gasteiger partial charge in [0.05, 0.1) is 11.1 Å². The fourth-order valence-electron chi connectivity index (χ4n) is 2.76. The van der Waals surface area contributed by atoms with Crippen molar-refractivity contribution in [2.24, 2.45) is 10.8 Å². The van der Waals surface area contributed by atoms with Crippen molar-refractivity contribution in [3.05, 3.63) is 81.5 Å². The Morgan fingerprint density at radius 1 is 1.27 bits per heavy atom. The van der Waals surface area contributed by atoms with Gasteiger partial charge in [-0.05, 0) is 13.0 Å². The van der Waals surface area contributed by atoms with Crippen molar-refractivity contribution in [1.29, 1.82) is 0 Å². The summed E-state index contributed by atoms with van der Waals surface area (Å²) in [5.74, 6) is -1.14. The van der Waals surface area contributed by atoms with Gasteiger partial charge in [-0.1, -0.05) is 36.4 Å². The summed E-state index contributed by atoms with van der Waals surface area (Å²) < 4.78 is 1.39. The summed E-state index contributed by atoms with van der Waals surface area (Å²) in [5.41, 5.74) is 9.89. The number of carbonyl (C=O) groups excluding carboxylic acids is 2. The van der Waals surface area contributed by atoms with E-state index in [4.69, 9.17) is 5.73 Å². The molecular formula is C20H18N6O4. The molecule has 2 amide bonds. The number of nitrogens with two attached hydrogens (primary N) is 1. The van der Waals surface area contributed by atoms with Gasteiger partial charge in [-0.2, -0.15) is 10.2 Å². The molecule has 0 saturated carbocycles. The van der Waals surface area contributed by atoms with Crippen LogP contribution in [0.3, 0.4) is 0 Å². The Kier molecular flexibility index (Phi) is 5.97. The Balaban J connectivity index is 1.82. The highest BCUT2D eigenvalue weighted by Gasteiger charge is 2.15. The van der Waals surface area contributed by atoms with Gasteiger partial charge in [0.25, 0.3) is 11.6 Å². The van der Waals surface area contributed by atoms with Gasteiger partial charge in [-0.3, -0.25) is 24.4 Å². The molecule has 3 N–H and O–H groups in total. The first kappa shape index (κ1) is 20.4. The van der Waals surface area contributed by atoms with Crippen LogP contribution in [0, 0.1) is 17.0 Å². The van der Waals surface area contributed by atoms with Crippen LogP contribution in [0.15, 0.2) is 59.8 Å². The first-order valence-electron chi connectivity index (χ1n) is 8.85. The quantitative estimate of drug-likeness (QED) is 0.350. The van der Waals surface area contributed by atoms with Crippen molar-refractivity contribution in [3.63, 3.8) is 0 Å². The molecule has 1 heterocycles. The van der Waals surface area contributed by atoms with Crippen LogP contribution < -0.4 is 11.2 Å². The van der Waals surface area contributed by atoms with Crippen LogP contribution >= 0.6 is 0 Å². The Morgan fingerprint density at radius 2 is 2.00 bits per heavy atom. The van der Waals surface area contributed by atoms with Crippen molar-refractivity contribution < 1.29 is 14.5 Å². The third-order valence-corrected chi connectivity index (χ3v) is 4.19. The zero-order valence-corrected chi connectivity index (χ0v) is 16.0. The normalized spacial score (nSPS) is 10.8.